The minimum atomic E-state index is -0.515. The highest BCUT2D eigenvalue weighted by molar-refractivity contribution is 5.81. The molecule has 1 aliphatic rings. The number of rotatable bonds is 5. The van der Waals surface area contributed by atoms with Crippen molar-refractivity contribution in [3.63, 3.8) is 0 Å². The lowest BCUT2D eigenvalue weighted by atomic mass is 10.2. The third-order valence-corrected chi connectivity index (χ3v) is 5.18. The third-order valence-electron chi connectivity index (χ3n) is 5.18. The summed E-state index contributed by atoms with van der Waals surface area (Å²) >= 11 is 0. The SMILES string of the molecule is Cc1cc(C)n(-c2ccc(N3CCN(C(=O)C(C)Oc4ccccc4)CC3)nn2)n1. The van der Waals surface area contributed by atoms with Crippen LogP contribution in [0.3, 0.4) is 0 Å². The van der Waals surface area contributed by atoms with Crippen LogP contribution in [0.2, 0.25) is 0 Å². The van der Waals surface area contributed by atoms with Gasteiger partial charge in [-0.2, -0.15) is 5.10 Å². The lowest BCUT2D eigenvalue weighted by Crippen LogP contribution is -2.52. The number of anilines is 1. The minimum absolute atomic E-state index is 0.00413. The molecule has 0 saturated carbocycles. The molecular formula is C22H26N6O2. The predicted molar refractivity (Wildman–Crippen MR) is 114 cm³/mol. The summed E-state index contributed by atoms with van der Waals surface area (Å²) in [6, 6.07) is 15.3. The lowest BCUT2D eigenvalue weighted by Gasteiger charge is -2.36. The molecule has 0 radical (unpaired) electrons. The highest BCUT2D eigenvalue weighted by Gasteiger charge is 2.26. The molecular weight excluding hydrogens is 380 g/mol. The molecule has 30 heavy (non-hydrogen) atoms. The zero-order valence-electron chi connectivity index (χ0n) is 17.5. The van der Waals surface area contributed by atoms with Gasteiger partial charge >= 0.3 is 0 Å². The Morgan fingerprint density at radius 2 is 1.63 bits per heavy atom. The average molecular weight is 406 g/mol. The molecule has 3 heterocycles. The van der Waals surface area contributed by atoms with Crippen molar-refractivity contribution in [3.05, 3.63) is 59.9 Å². The van der Waals surface area contributed by atoms with E-state index < -0.39 is 6.10 Å². The summed E-state index contributed by atoms with van der Waals surface area (Å²) in [5, 5.41) is 13.2. The maximum atomic E-state index is 12.7. The van der Waals surface area contributed by atoms with Crippen molar-refractivity contribution in [2.24, 2.45) is 0 Å². The molecule has 0 bridgehead atoms. The molecule has 0 aliphatic carbocycles. The molecule has 156 valence electrons. The third kappa shape index (κ3) is 4.27. The van der Waals surface area contributed by atoms with Crippen LogP contribution in [0.1, 0.15) is 18.3 Å². The van der Waals surface area contributed by atoms with Gasteiger partial charge in [0, 0.05) is 31.9 Å². The number of aryl methyl sites for hydroxylation is 2. The lowest BCUT2D eigenvalue weighted by molar-refractivity contribution is -0.138. The molecule has 1 atom stereocenters. The van der Waals surface area contributed by atoms with E-state index in [1.54, 1.807) is 11.6 Å². The number of piperazine rings is 1. The monoisotopic (exact) mass is 406 g/mol. The van der Waals surface area contributed by atoms with E-state index in [9.17, 15) is 4.79 Å². The van der Waals surface area contributed by atoms with Gasteiger partial charge in [0.2, 0.25) is 0 Å². The second-order valence-corrected chi connectivity index (χ2v) is 7.47. The molecule has 0 spiro atoms. The van der Waals surface area contributed by atoms with Crippen LogP contribution in [0.15, 0.2) is 48.5 Å². The Hall–Kier alpha value is -3.42. The van der Waals surface area contributed by atoms with Gasteiger partial charge in [0.1, 0.15) is 5.75 Å². The molecule has 2 aromatic heterocycles. The normalized spacial score (nSPS) is 15.2. The molecule has 1 unspecified atom stereocenters. The van der Waals surface area contributed by atoms with E-state index in [2.05, 4.69) is 20.2 Å². The maximum absolute atomic E-state index is 12.7. The van der Waals surface area contributed by atoms with Gasteiger partial charge in [0.05, 0.1) is 5.69 Å². The fraction of sp³-hybridized carbons (Fsp3) is 0.364. The van der Waals surface area contributed by atoms with E-state index >= 15 is 0 Å². The van der Waals surface area contributed by atoms with Crippen LogP contribution in [0, 0.1) is 13.8 Å². The topological polar surface area (TPSA) is 76.4 Å². The van der Waals surface area contributed by atoms with E-state index in [0.29, 0.717) is 37.7 Å². The molecule has 4 rings (SSSR count). The Bertz CT molecular complexity index is 994. The van der Waals surface area contributed by atoms with E-state index in [1.807, 2.05) is 67.3 Å². The molecule has 3 aromatic rings. The summed E-state index contributed by atoms with van der Waals surface area (Å²) in [5.74, 6) is 2.21. The summed E-state index contributed by atoms with van der Waals surface area (Å²) in [5.41, 5.74) is 1.97. The first-order valence-corrected chi connectivity index (χ1v) is 10.1. The first-order chi connectivity index (χ1) is 14.5. The highest BCUT2D eigenvalue weighted by Crippen LogP contribution is 2.17. The van der Waals surface area contributed by atoms with Crippen LogP contribution in [0.4, 0.5) is 5.82 Å². The minimum Gasteiger partial charge on any atom is -0.481 e. The maximum Gasteiger partial charge on any atom is 0.263 e. The van der Waals surface area contributed by atoms with Gasteiger partial charge in [-0.25, -0.2) is 4.68 Å². The van der Waals surface area contributed by atoms with Crippen molar-refractivity contribution < 1.29 is 9.53 Å². The van der Waals surface area contributed by atoms with Gasteiger partial charge in [-0.15, -0.1) is 10.2 Å². The molecule has 8 heteroatoms. The zero-order chi connectivity index (χ0) is 21.1. The number of benzene rings is 1. The standard InChI is InChI=1S/C22H26N6O2/c1-16-15-17(2)28(25-16)21-10-9-20(23-24-21)26-11-13-27(14-12-26)22(29)18(3)30-19-7-5-4-6-8-19/h4-10,15,18H,11-14H2,1-3H3. The van der Waals surface area contributed by atoms with Gasteiger partial charge in [0.15, 0.2) is 17.7 Å². The Kier molecular flexibility index (Phi) is 5.65. The number of hydrogen-bond donors (Lipinski definition) is 0. The summed E-state index contributed by atoms with van der Waals surface area (Å²) in [7, 11) is 0. The number of carbonyl (C=O) groups is 1. The van der Waals surface area contributed by atoms with Gasteiger partial charge in [-0.05, 0) is 51.1 Å². The van der Waals surface area contributed by atoms with E-state index in [0.717, 1.165) is 17.2 Å². The Morgan fingerprint density at radius 1 is 0.967 bits per heavy atom. The number of hydrogen-bond acceptors (Lipinski definition) is 6. The predicted octanol–water partition coefficient (Wildman–Crippen LogP) is 2.40. The van der Waals surface area contributed by atoms with Crippen LogP contribution < -0.4 is 9.64 Å². The first-order valence-electron chi connectivity index (χ1n) is 10.1. The molecule has 0 N–H and O–H groups in total. The van der Waals surface area contributed by atoms with Gasteiger partial charge < -0.3 is 14.5 Å². The van der Waals surface area contributed by atoms with Crippen LogP contribution in [0.25, 0.3) is 5.82 Å². The molecule has 8 nitrogen and oxygen atoms in total. The molecule has 1 aliphatic heterocycles. The fourth-order valence-electron chi connectivity index (χ4n) is 3.63. The summed E-state index contributed by atoms with van der Waals surface area (Å²) in [6.45, 7) is 8.41. The van der Waals surface area contributed by atoms with Gasteiger partial charge in [0.25, 0.3) is 5.91 Å². The number of ether oxygens (including phenoxy) is 1. The van der Waals surface area contributed by atoms with E-state index in [1.165, 1.54) is 0 Å². The fourth-order valence-corrected chi connectivity index (χ4v) is 3.63. The zero-order valence-corrected chi connectivity index (χ0v) is 17.5. The number of aromatic nitrogens is 4. The van der Waals surface area contributed by atoms with Crippen LogP contribution in [-0.2, 0) is 4.79 Å². The van der Waals surface area contributed by atoms with E-state index in [4.69, 9.17) is 4.74 Å². The van der Waals surface area contributed by atoms with Crippen molar-refractivity contribution in [2.75, 3.05) is 31.1 Å². The quantitative estimate of drug-likeness (QED) is 0.648. The number of amides is 1. The number of carbonyl (C=O) groups excluding carboxylic acids is 1. The highest BCUT2D eigenvalue weighted by atomic mass is 16.5. The molecule has 1 amide bonds. The van der Waals surface area contributed by atoms with Crippen LogP contribution in [-0.4, -0.2) is 63.1 Å². The summed E-state index contributed by atoms with van der Waals surface area (Å²) < 4.78 is 7.56. The Morgan fingerprint density at radius 3 is 2.23 bits per heavy atom. The van der Waals surface area contributed by atoms with Crippen molar-refractivity contribution in [1.29, 1.82) is 0 Å². The van der Waals surface area contributed by atoms with Crippen molar-refractivity contribution >= 4 is 11.7 Å². The van der Waals surface area contributed by atoms with Crippen LogP contribution >= 0.6 is 0 Å². The second kappa shape index (κ2) is 8.52. The van der Waals surface area contributed by atoms with Gasteiger partial charge in [-0.1, -0.05) is 18.2 Å². The Labute approximate surface area is 176 Å². The second-order valence-electron chi connectivity index (χ2n) is 7.47. The van der Waals surface area contributed by atoms with Crippen molar-refractivity contribution in [1.82, 2.24) is 24.9 Å². The molecule has 1 saturated heterocycles. The van der Waals surface area contributed by atoms with Gasteiger partial charge in [-0.3, -0.25) is 4.79 Å². The largest absolute Gasteiger partial charge is 0.481 e. The van der Waals surface area contributed by atoms with Crippen molar-refractivity contribution in [3.8, 4) is 11.6 Å². The summed E-state index contributed by atoms with van der Waals surface area (Å²) in [6.07, 6.45) is -0.515. The molecule has 1 fully saturated rings. The Balaban J connectivity index is 1.34. The average Bonchev–Trinajstić information content (AvgIpc) is 3.12. The number of para-hydroxylation sites is 1. The first kappa shape index (κ1) is 19.9. The van der Waals surface area contributed by atoms with Crippen molar-refractivity contribution in [2.45, 2.75) is 26.9 Å². The smallest absolute Gasteiger partial charge is 0.263 e. The molecule has 1 aromatic carbocycles. The number of nitrogens with zero attached hydrogens (tertiary/aromatic N) is 6. The summed E-state index contributed by atoms with van der Waals surface area (Å²) in [4.78, 5) is 16.7. The van der Waals surface area contributed by atoms with Crippen LogP contribution in [0.5, 0.6) is 5.75 Å². The van der Waals surface area contributed by atoms with E-state index in [-0.39, 0.29) is 5.91 Å².